The summed E-state index contributed by atoms with van der Waals surface area (Å²) in [5, 5.41) is 0. The van der Waals surface area contributed by atoms with Crippen molar-refractivity contribution in [1.29, 1.82) is 0 Å². The Labute approximate surface area is 169 Å². The lowest BCUT2D eigenvalue weighted by Crippen LogP contribution is -2.38. The largest absolute Gasteiger partial charge is 0.434 e. The lowest BCUT2D eigenvalue weighted by molar-refractivity contribution is -0.141. The SMILES string of the molecule is N[C@@H]1CC(CN2CCn3cc(C(F)(F)F)nc3C2)=CC[C@H]1c1cc(F)c(F)cc1F. The molecule has 1 aliphatic heterocycles. The summed E-state index contributed by atoms with van der Waals surface area (Å²) in [5.41, 5.74) is 6.35. The van der Waals surface area contributed by atoms with Crippen molar-refractivity contribution >= 4 is 0 Å². The topological polar surface area (TPSA) is 47.1 Å². The van der Waals surface area contributed by atoms with Crippen molar-refractivity contribution in [1.82, 2.24) is 14.5 Å². The van der Waals surface area contributed by atoms with Crippen LogP contribution < -0.4 is 5.73 Å². The van der Waals surface area contributed by atoms with Crippen molar-refractivity contribution in [2.24, 2.45) is 5.73 Å². The van der Waals surface area contributed by atoms with Gasteiger partial charge in [-0.15, -0.1) is 0 Å². The van der Waals surface area contributed by atoms with Crippen molar-refractivity contribution in [3.63, 3.8) is 0 Å². The molecular weight excluding hydrogens is 410 g/mol. The molecule has 0 fully saturated rings. The molecule has 0 radical (unpaired) electrons. The summed E-state index contributed by atoms with van der Waals surface area (Å²) in [6.07, 6.45) is -0.737. The van der Waals surface area contributed by atoms with E-state index in [0.717, 1.165) is 17.8 Å². The quantitative estimate of drug-likeness (QED) is 0.456. The molecule has 0 amide bonds. The van der Waals surface area contributed by atoms with Crippen molar-refractivity contribution in [3.8, 4) is 0 Å². The van der Waals surface area contributed by atoms with E-state index < -0.39 is 41.3 Å². The van der Waals surface area contributed by atoms with Crippen molar-refractivity contribution < 1.29 is 26.3 Å². The van der Waals surface area contributed by atoms with E-state index in [1.54, 1.807) is 0 Å². The van der Waals surface area contributed by atoms with E-state index in [1.165, 1.54) is 4.57 Å². The predicted octanol–water partition coefficient (Wildman–Crippen LogP) is 3.97. The molecule has 2 N–H and O–H groups in total. The minimum Gasteiger partial charge on any atom is -0.332 e. The summed E-state index contributed by atoms with van der Waals surface area (Å²) in [6, 6.07) is 0.909. The van der Waals surface area contributed by atoms with Gasteiger partial charge < -0.3 is 10.3 Å². The van der Waals surface area contributed by atoms with Crippen LogP contribution in [-0.2, 0) is 19.3 Å². The van der Waals surface area contributed by atoms with Crippen LogP contribution in [0.5, 0.6) is 0 Å². The second-order valence-corrected chi connectivity index (χ2v) is 7.80. The van der Waals surface area contributed by atoms with Crippen LogP contribution in [0.15, 0.2) is 30.0 Å². The number of halogens is 6. The molecule has 2 aromatic rings. The molecule has 4 rings (SSSR count). The highest BCUT2D eigenvalue weighted by Gasteiger charge is 2.36. The molecule has 10 heteroatoms. The Morgan fingerprint density at radius 3 is 2.50 bits per heavy atom. The van der Waals surface area contributed by atoms with Gasteiger partial charge in [0, 0.05) is 43.9 Å². The Hall–Kier alpha value is -2.33. The molecule has 0 bridgehead atoms. The number of hydrogen-bond acceptors (Lipinski definition) is 3. The number of benzene rings is 1. The number of hydrogen-bond donors (Lipinski definition) is 1. The fourth-order valence-electron chi connectivity index (χ4n) is 4.17. The van der Waals surface area contributed by atoms with Crippen LogP contribution in [-0.4, -0.2) is 33.6 Å². The van der Waals surface area contributed by atoms with Gasteiger partial charge in [0.05, 0.1) is 6.54 Å². The molecule has 4 nitrogen and oxygen atoms in total. The maximum absolute atomic E-state index is 14.1. The van der Waals surface area contributed by atoms with Gasteiger partial charge in [0.1, 0.15) is 11.6 Å². The lowest BCUT2D eigenvalue weighted by Gasteiger charge is -2.33. The first kappa shape index (κ1) is 20.9. The molecule has 2 atom stereocenters. The van der Waals surface area contributed by atoms with Gasteiger partial charge in [-0.2, -0.15) is 13.2 Å². The van der Waals surface area contributed by atoms with Crippen LogP contribution in [0, 0.1) is 17.5 Å². The third kappa shape index (κ3) is 4.11. The highest BCUT2D eigenvalue weighted by molar-refractivity contribution is 5.29. The number of allylic oxidation sites excluding steroid dienone is 1. The summed E-state index contributed by atoms with van der Waals surface area (Å²) in [7, 11) is 0. The lowest BCUT2D eigenvalue weighted by atomic mass is 9.80. The van der Waals surface area contributed by atoms with E-state index in [-0.39, 0.29) is 12.1 Å². The van der Waals surface area contributed by atoms with E-state index >= 15 is 0 Å². The van der Waals surface area contributed by atoms with Crippen LogP contribution in [0.1, 0.15) is 35.8 Å². The normalized spacial score (nSPS) is 22.7. The number of imidazole rings is 1. The summed E-state index contributed by atoms with van der Waals surface area (Å²) < 4.78 is 80.9. The summed E-state index contributed by atoms with van der Waals surface area (Å²) >= 11 is 0. The standard InChI is InChI=1S/C20H20F6N4/c21-14-7-16(23)15(22)6-13(14)12-2-1-11(5-17(12)27)8-29-3-4-30-9-18(20(24,25)26)28-19(30)10-29/h1,6-7,9,12,17H,2-5,8,10,27H2/t12-,17+/m0/s1. The Balaban J connectivity index is 1.43. The molecule has 30 heavy (non-hydrogen) atoms. The van der Waals surface area contributed by atoms with Gasteiger partial charge in [-0.3, -0.25) is 4.90 Å². The Bertz CT molecular complexity index is 980. The van der Waals surface area contributed by atoms with E-state index in [4.69, 9.17) is 5.73 Å². The van der Waals surface area contributed by atoms with Crippen molar-refractivity contribution in [2.75, 3.05) is 13.1 Å². The summed E-state index contributed by atoms with van der Waals surface area (Å²) in [6.45, 7) is 1.76. The summed E-state index contributed by atoms with van der Waals surface area (Å²) in [4.78, 5) is 5.69. The van der Waals surface area contributed by atoms with E-state index in [9.17, 15) is 26.3 Å². The van der Waals surface area contributed by atoms with Gasteiger partial charge in [-0.25, -0.2) is 18.2 Å². The number of aromatic nitrogens is 2. The van der Waals surface area contributed by atoms with Crippen LogP contribution in [0.2, 0.25) is 0 Å². The second kappa shape index (κ2) is 7.73. The number of nitrogens with zero attached hydrogens (tertiary/aromatic N) is 3. The highest BCUT2D eigenvalue weighted by Crippen LogP contribution is 2.34. The first-order chi connectivity index (χ1) is 14.1. The molecule has 0 saturated carbocycles. The highest BCUT2D eigenvalue weighted by atomic mass is 19.4. The van der Waals surface area contributed by atoms with Gasteiger partial charge in [0.15, 0.2) is 17.3 Å². The zero-order chi connectivity index (χ0) is 21.6. The van der Waals surface area contributed by atoms with Crippen LogP contribution in [0.25, 0.3) is 0 Å². The number of rotatable bonds is 3. The minimum absolute atomic E-state index is 0.0522. The molecule has 1 aromatic heterocycles. The monoisotopic (exact) mass is 430 g/mol. The summed E-state index contributed by atoms with van der Waals surface area (Å²) in [5.74, 6) is -3.30. The fraction of sp³-hybridized carbons (Fsp3) is 0.450. The van der Waals surface area contributed by atoms with E-state index in [2.05, 4.69) is 4.98 Å². The fourth-order valence-corrected chi connectivity index (χ4v) is 4.17. The van der Waals surface area contributed by atoms with E-state index in [1.807, 2.05) is 11.0 Å². The first-order valence-electron chi connectivity index (χ1n) is 9.55. The molecule has 0 unspecified atom stereocenters. The van der Waals surface area contributed by atoms with Crippen molar-refractivity contribution in [2.45, 2.75) is 44.1 Å². The second-order valence-electron chi connectivity index (χ2n) is 7.80. The molecule has 162 valence electrons. The predicted molar refractivity (Wildman–Crippen MR) is 96.9 cm³/mol. The van der Waals surface area contributed by atoms with Crippen LogP contribution in [0.3, 0.4) is 0 Å². The van der Waals surface area contributed by atoms with Gasteiger partial charge >= 0.3 is 6.18 Å². The van der Waals surface area contributed by atoms with Crippen molar-refractivity contribution in [3.05, 3.63) is 64.5 Å². The van der Waals surface area contributed by atoms with Gasteiger partial charge in [-0.1, -0.05) is 11.6 Å². The zero-order valence-corrected chi connectivity index (χ0v) is 15.9. The Morgan fingerprint density at radius 1 is 1.07 bits per heavy atom. The smallest absolute Gasteiger partial charge is 0.332 e. The Kier molecular flexibility index (Phi) is 5.39. The van der Waals surface area contributed by atoms with Gasteiger partial charge in [0.2, 0.25) is 0 Å². The third-order valence-corrected chi connectivity index (χ3v) is 5.71. The molecule has 0 saturated heterocycles. The zero-order valence-electron chi connectivity index (χ0n) is 15.9. The molecule has 1 aliphatic carbocycles. The maximum Gasteiger partial charge on any atom is 0.434 e. The average molecular weight is 430 g/mol. The molecular formula is C20H20F6N4. The van der Waals surface area contributed by atoms with Gasteiger partial charge in [0.25, 0.3) is 0 Å². The molecule has 1 aromatic carbocycles. The van der Waals surface area contributed by atoms with E-state index in [0.29, 0.717) is 44.4 Å². The minimum atomic E-state index is -4.47. The molecule has 0 spiro atoms. The number of fused-ring (bicyclic) bond motifs is 1. The average Bonchev–Trinajstić information content (AvgIpc) is 3.09. The van der Waals surface area contributed by atoms with Crippen LogP contribution in [0.4, 0.5) is 26.3 Å². The molecule has 2 heterocycles. The third-order valence-electron chi connectivity index (χ3n) is 5.71. The van der Waals surface area contributed by atoms with Crippen LogP contribution >= 0.6 is 0 Å². The maximum atomic E-state index is 14.1. The number of alkyl halides is 3. The molecule has 2 aliphatic rings. The Morgan fingerprint density at radius 2 is 1.80 bits per heavy atom. The number of nitrogens with two attached hydrogens (primary N) is 1. The van der Waals surface area contributed by atoms with Gasteiger partial charge in [-0.05, 0) is 24.5 Å². The first-order valence-corrected chi connectivity index (χ1v) is 9.55.